The number of carbonyl (C=O) groups excluding carboxylic acids is 1. The van der Waals surface area contributed by atoms with Crippen molar-refractivity contribution in [3.8, 4) is 0 Å². The van der Waals surface area contributed by atoms with Crippen molar-refractivity contribution in [2.75, 3.05) is 20.3 Å². The third-order valence-electron chi connectivity index (χ3n) is 6.25. The van der Waals surface area contributed by atoms with E-state index in [2.05, 4.69) is 38.8 Å². The van der Waals surface area contributed by atoms with Crippen LogP contribution in [-0.4, -0.2) is 50.8 Å². The lowest BCUT2D eigenvalue weighted by Crippen LogP contribution is -2.41. The van der Waals surface area contributed by atoms with Crippen LogP contribution in [0.5, 0.6) is 0 Å². The Balaban J connectivity index is 0.000000615. The van der Waals surface area contributed by atoms with Crippen LogP contribution in [0, 0.1) is 5.92 Å². The highest BCUT2D eigenvalue weighted by atomic mass is 28.4. The Morgan fingerprint density at radius 1 is 1.12 bits per heavy atom. The Kier molecular flexibility index (Phi) is 13.3. The summed E-state index contributed by atoms with van der Waals surface area (Å²) >= 11 is 0. The number of carbonyl (C=O) groups is 1. The van der Waals surface area contributed by atoms with Gasteiger partial charge in [0.15, 0.2) is 8.32 Å². The highest BCUT2D eigenvalue weighted by Gasteiger charge is 2.40. The maximum absolute atomic E-state index is 11.5. The first-order valence-corrected chi connectivity index (χ1v) is 14.8. The van der Waals surface area contributed by atoms with Crippen molar-refractivity contribution in [3.63, 3.8) is 0 Å². The van der Waals surface area contributed by atoms with Crippen molar-refractivity contribution in [1.82, 2.24) is 4.98 Å². The number of ether oxygens (including phenoxy) is 2. The molecule has 1 saturated heterocycles. The van der Waals surface area contributed by atoms with E-state index in [1.165, 1.54) is 6.92 Å². The molecule has 0 bridgehead atoms. The van der Waals surface area contributed by atoms with Crippen LogP contribution in [0.15, 0.2) is 60.9 Å². The van der Waals surface area contributed by atoms with Gasteiger partial charge in [-0.1, -0.05) is 63.2 Å². The summed E-state index contributed by atoms with van der Waals surface area (Å²) in [5, 5.41) is 7.21. The summed E-state index contributed by atoms with van der Waals surface area (Å²) in [5.41, 5.74) is 1.04. The van der Waals surface area contributed by atoms with E-state index in [4.69, 9.17) is 19.0 Å². The van der Waals surface area contributed by atoms with Crippen LogP contribution in [0.1, 0.15) is 52.2 Å². The molecule has 6 nitrogen and oxygen atoms in total. The zero-order valence-electron chi connectivity index (χ0n) is 21.9. The number of nitrogens with zero attached hydrogens (tertiary/aromatic N) is 1. The fraction of sp³-hybridized carbons (Fsp3) is 0.556. The number of rotatable bonds is 7. The molecule has 1 fully saturated rings. The van der Waals surface area contributed by atoms with Gasteiger partial charge in [-0.05, 0) is 42.6 Å². The number of aromatic nitrogens is 1. The highest BCUT2D eigenvalue weighted by Crippen LogP contribution is 2.40. The van der Waals surface area contributed by atoms with Crippen molar-refractivity contribution >= 4 is 14.3 Å². The van der Waals surface area contributed by atoms with Crippen LogP contribution < -0.4 is 0 Å². The second kappa shape index (κ2) is 15.0. The zero-order chi connectivity index (χ0) is 25.6. The maximum atomic E-state index is 11.5. The fourth-order valence-electron chi connectivity index (χ4n) is 3.45. The standard InChI is InChI=1S/C20H33NO4Si.C6H6.CH4O/c1-15(22)25-18-14-23-19(16-9-7-11-21-13-16)17(18)10-8-12-24-26(5,6)20(2,3)4;1-2-4-6-5-3-1;1-2/h7,9,11,13,17-19H,8,10,12,14H2,1-6H3;1-6H;2H,1H3/t17-,18+,19-;;/m0../s1. The van der Waals surface area contributed by atoms with Crippen molar-refractivity contribution in [1.29, 1.82) is 0 Å². The van der Waals surface area contributed by atoms with Crippen molar-refractivity contribution < 1.29 is 23.8 Å². The van der Waals surface area contributed by atoms with E-state index >= 15 is 0 Å². The summed E-state index contributed by atoms with van der Waals surface area (Å²) in [5.74, 6) is -0.126. The third-order valence-corrected chi connectivity index (χ3v) is 10.8. The molecule has 1 aliphatic rings. The first kappa shape index (κ1) is 30.0. The average molecular weight is 490 g/mol. The first-order valence-electron chi connectivity index (χ1n) is 11.9. The van der Waals surface area contributed by atoms with Crippen molar-refractivity contribution in [2.45, 2.75) is 70.9 Å². The van der Waals surface area contributed by atoms with Gasteiger partial charge in [0.1, 0.15) is 6.10 Å². The molecule has 1 aromatic heterocycles. The molecule has 0 spiro atoms. The summed E-state index contributed by atoms with van der Waals surface area (Å²) in [4.78, 5) is 15.6. The lowest BCUT2D eigenvalue weighted by molar-refractivity contribution is -0.148. The molecule has 1 aliphatic heterocycles. The fourth-order valence-corrected chi connectivity index (χ4v) is 4.54. The van der Waals surface area contributed by atoms with E-state index in [1.807, 2.05) is 54.7 Å². The quantitative estimate of drug-likeness (QED) is 0.301. The Labute approximate surface area is 206 Å². The molecule has 0 radical (unpaired) electrons. The topological polar surface area (TPSA) is 77.9 Å². The van der Waals surface area contributed by atoms with E-state index < -0.39 is 8.32 Å². The van der Waals surface area contributed by atoms with Crippen LogP contribution in [0.4, 0.5) is 0 Å². The van der Waals surface area contributed by atoms with Gasteiger partial charge in [-0.3, -0.25) is 9.78 Å². The van der Waals surface area contributed by atoms with Gasteiger partial charge in [0, 0.05) is 39.0 Å². The smallest absolute Gasteiger partial charge is 0.302 e. The van der Waals surface area contributed by atoms with Crippen molar-refractivity contribution in [2.24, 2.45) is 5.92 Å². The Morgan fingerprint density at radius 3 is 2.18 bits per heavy atom. The molecule has 2 aromatic rings. The number of pyridine rings is 1. The van der Waals surface area contributed by atoms with Crippen LogP contribution in [0.3, 0.4) is 0 Å². The van der Waals surface area contributed by atoms with Crippen LogP contribution in [0.25, 0.3) is 0 Å². The molecule has 1 aromatic carbocycles. The predicted octanol–water partition coefficient (Wildman–Crippen LogP) is 5.80. The Bertz CT molecular complexity index is 769. The number of aliphatic hydroxyl groups is 1. The van der Waals surface area contributed by atoms with Crippen LogP contribution >= 0.6 is 0 Å². The number of hydrogen-bond donors (Lipinski definition) is 1. The summed E-state index contributed by atoms with van der Waals surface area (Å²) in [6.07, 6.45) is 5.12. The van der Waals surface area contributed by atoms with E-state index in [9.17, 15) is 4.79 Å². The summed E-state index contributed by atoms with van der Waals surface area (Å²) in [7, 11) is -0.732. The second-order valence-electron chi connectivity index (χ2n) is 9.76. The summed E-state index contributed by atoms with van der Waals surface area (Å²) < 4.78 is 17.8. The number of benzene rings is 1. The van der Waals surface area contributed by atoms with Gasteiger partial charge in [0.25, 0.3) is 0 Å². The molecule has 0 aliphatic carbocycles. The molecule has 190 valence electrons. The second-order valence-corrected chi connectivity index (χ2v) is 14.6. The minimum absolute atomic E-state index is 0.0825. The third kappa shape index (κ3) is 10.1. The van der Waals surface area contributed by atoms with Gasteiger partial charge in [0.2, 0.25) is 0 Å². The van der Waals surface area contributed by atoms with Gasteiger partial charge in [-0.25, -0.2) is 0 Å². The first-order chi connectivity index (χ1) is 16.1. The molecule has 0 unspecified atom stereocenters. The van der Waals surface area contributed by atoms with Gasteiger partial charge in [-0.15, -0.1) is 0 Å². The molecular formula is C27H43NO5Si. The zero-order valence-corrected chi connectivity index (χ0v) is 22.9. The van der Waals surface area contributed by atoms with Gasteiger partial charge < -0.3 is 19.0 Å². The largest absolute Gasteiger partial charge is 0.460 e. The molecule has 3 atom stereocenters. The van der Waals surface area contributed by atoms with Crippen LogP contribution in [0.2, 0.25) is 18.1 Å². The molecule has 34 heavy (non-hydrogen) atoms. The lowest BCUT2D eigenvalue weighted by Gasteiger charge is -2.36. The molecular weight excluding hydrogens is 446 g/mol. The van der Waals surface area contributed by atoms with Gasteiger partial charge >= 0.3 is 5.97 Å². The minimum Gasteiger partial charge on any atom is -0.460 e. The lowest BCUT2D eigenvalue weighted by atomic mass is 9.90. The molecule has 0 saturated carbocycles. The van der Waals surface area contributed by atoms with Gasteiger partial charge in [0.05, 0.1) is 12.7 Å². The van der Waals surface area contributed by atoms with E-state index in [1.54, 1.807) is 6.20 Å². The normalized spacial score (nSPS) is 19.8. The number of aliphatic hydroxyl groups excluding tert-OH is 1. The maximum Gasteiger partial charge on any atom is 0.302 e. The predicted molar refractivity (Wildman–Crippen MR) is 139 cm³/mol. The van der Waals surface area contributed by atoms with Crippen LogP contribution in [-0.2, 0) is 18.7 Å². The summed E-state index contributed by atoms with van der Waals surface area (Å²) in [6.45, 7) is 13.9. The summed E-state index contributed by atoms with van der Waals surface area (Å²) in [6, 6.07) is 15.9. The molecule has 7 heteroatoms. The highest BCUT2D eigenvalue weighted by molar-refractivity contribution is 6.74. The molecule has 3 rings (SSSR count). The molecule has 1 N–H and O–H groups in total. The average Bonchev–Trinajstić information content (AvgIpc) is 3.21. The minimum atomic E-state index is -1.73. The number of esters is 1. The van der Waals surface area contributed by atoms with Crippen molar-refractivity contribution in [3.05, 3.63) is 66.5 Å². The molecule has 2 heterocycles. The Hall–Kier alpha value is -2.06. The SMILES string of the molecule is CC(=O)O[C@@H]1CO[C@@H](c2cccnc2)[C@H]1CCCO[Si](C)(C)C(C)(C)C.CO.c1ccccc1. The Morgan fingerprint density at radius 2 is 1.71 bits per heavy atom. The van der Waals surface area contributed by atoms with E-state index in [0.717, 1.165) is 32.1 Å². The van der Waals surface area contributed by atoms with E-state index in [0.29, 0.717) is 6.61 Å². The van der Waals surface area contributed by atoms with Gasteiger partial charge in [-0.2, -0.15) is 0 Å². The number of hydrogen-bond acceptors (Lipinski definition) is 6. The van der Waals surface area contributed by atoms with E-state index in [-0.39, 0.29) is 29.1 Å². The monoisotopic (exact) mass is 489 g/mol. The molecule has 0 amide bonds.